The zero-order valence-corrected chi connectivity index (χ0v) is 12.5. The zero-order chi connectivity index (χ0) is 15.5. The Labute approximate surface area is 128 Å². The third-order valence-corrected chi connectivity index (χ3v) is 3.77. The Balaban J connectivity index is 1.52. The Bertz CT molecular complexity index is 679. The minimum atomic E-state index is -0.445. The molecule has 22 heavy (non-hydrogen) atoms. The molecule has 0 aliphatic heterocycles. The number of aryl methyl sites for hydroxylation is 1. The number of hydrogen-bond acceptors (Lipinski definition) is 2. The number of benzene rings is 1. The van der Waals surface area contributed by atoms with Gasteiger partial charge in [0.1, 0.15) is 11.6 Å². The van der Waals surface area contributed by atoms with Crippen LogP contribution in [0.4, 0.5) is 14.9 Å². The van der Waals surface area contributed by atoms with E-state index in [-0.39, 0.29) is 5.69 Å². The molecule has 0 spiro atoms. The van der Waals surface area contributed by atoms with Gasteiger partial charge >= 0.3 is 6.03 Å². The average Bonchev–Trinajstić information content (AvgIpc) is 3.27. The smallest absolute Gasteiger partial charge is 0.319 e. The summed E-state index contributed by atoms with van der Waals surface area (Å²) < 4.78 is 15.6. The van der Waals surface area contributed by atoms with Crippen molar-refractivity contribution in [2.45, 2.75) is 32.2 Å². The highest BCUT2D eigenvalue weighted by Crippen LogP contribution is 2.39. The average molecular weight is 302 g/mol. The summed E-state index contributed by atoms with van der Waals surface area (Å²) in [4.78, 5) is 16.2. The van der Waals surface area contributed by atoms with E-state index in [1.54, 1.807) is 12.1 Å². The lowest BCUT2D eigenvalue weighted by molar-refractivity contribution is 0.251. The molecule has 2 N–H and O–H groups in total. The van der Waals surface area contributed by atoms with Crippen LogP contribution in [0.3, 0.4) is 0 Å². The summed E-state index contributed by atoms with van der Waals surface area (Å²) in [6, 6.07) is 5.69. The number of aromatic nitrogens is 2. The predicted molar refractivity (Wildman–Crippen MR) is 82.4 cm³/mol. The van der Waals surface area contributed by atoms with Crippen LogP contribution in [0.15, 0.2) is 30.5 Å². The largest absolute Gasteiger partial charge is 0.336 e. The van der Waals surface area contributed by atoms with E-state index in [0.717, 1.165) is 11.5 Å². The van der Waals surface area contributed by atoms with Crippen molar-refractivity contribution in [3.05, 3.63) is 47.8 Å². The Morgan fingerprint density at radius 3 is 2.91 bits per heavy atom. The summed E-state index contributed by atoms with van der Waals surface area (Å²) in [5, 5.41) is 5.25. The molecule has 1 aliphatic carbocycles. The van der Waals surface area contributed by atoms with E-state index >= 15 is 0 Å². The molecule has 1 aromatic heterocycles. The fraction of sp³-hybridized carbons (Fsp3) is 0.375. The lowest BCUT2D eigenvalue weighted by Crippen LogP contribution is -2.32. The molecule has 0 unspecified atom stereocenters. The summed E-state index contributed by atoms with van der Waals surface area (Å²) in [5.41, 5.74) is 1.27. The molecular formula is C16H19FN4O. The molecular weight excluding hydrogens is 283 g/mol. The fourth-order valence-electron chi connectivity index (χ4n) is 2.45. The van der Waals surface area contributed by atoms with Crippen molar-refractivity contribution >= 4 is 11.7 Å². The number of hydrogen-bond donors (Lipinski definition) is 2. The number of anilines is 1. The Morgan fingerprint density at radius 2 is 2.18 bits per heavy atom. The maximum Gasteiger partial charge on any atom is 0.319 e. The Morgan fingerprint density at radius 1 is 1.41 bits per heavy atom. The van der Waals surface area contributed by atoms with Crippen molar-refractivity contribution in [3.8, 4) is 0 Å². The van der Waals surface area contributed by atoms with E-state index in [1.165, 1.54) is 25.0 Å². The van der Waals surface area contributed by atoms with Gasteiger partial charge < -0.3 is 15.2 Å². The summed E-state index contributed by atoms with van der Waals surface area (Å²) in [5.74, 6) is 1.23. The molecule has 2 amide bonds. The van der Waals surface area contributed by atoms with E-state index in [1.807, 2.05) is 13.1 Å². The molecule has 0 atom stereocenters. The van der Waals surface area contributed by atoms with Crippen LogP contribution in [0, 0.1) is 12.7 Å². The number of nitrogens with one attached hydrogen (secondary N) is 2. The number of para-hydroxylation sites is 1. The van der Waals surface area contributed by atoms with Crippen LogP contribution in [0.1, 0.15) is 30.3 Å². The molecule has 1 aromatic carbocycles. The van der Waals surface area contributed by atoms with Gasteiger partial charge in [-0.15, -0.1) is 0 Å². The van der Waals surface area contributed by atoms with Gasteiger partial charge in [0, 0.05) is 30.9 Å². The molecule has 0 saturated heterocycles. The first-order chi connectivity index (χ1) is 10.6. The molecule has 2 aromatic rings. The van der Waals surface area contributed by atoms with Gasteiger partial charge in [-0.1, -0.05) is 12.1 Å². The highest BCUT2D eigenvalue weighted by Gasteiger charge is 2.28. The molecule has 0 bridgehead atoms. The summed E-state index contributed by atoms with van der Waals surface area (Å²) in [6.07, 6.45) is 4.25. The third-order valence-electron chi connectivity index (χ3n) is 3.77. The van der Waals surface area contributed by atoms with Crippen LogP contribution in [-0.4, -0.2) is 22.1 Å². The van der Waals surface area contributed by atoms with Gasteiger partial charge in [0.2, 0.25) is 0 Å². The van der Waals surface area contributed by atoms with E-state index in [2.05, 4.69) is 20.2 Å². The first-order valence-corrected chi connectivity index (χ1v) is 7.46. The molecule has 0 radical (unpaired) electrons. The Kier molecular flexibility index (Phi) is 4.09. The number of carbonyl (C=O) groups is 1. The number of amides is 2. The van der Waals surface area contributed by atoms with Crippen LogP contribution in [0.2, 0.25) is 0 Å². The molecule has 1 fully saturated rings. The van der Waals surface area contributed by atoms with Gasteiger partial charge in [0.15, 0.2) is 0 Å². The highest BCUT2D eigenvalue weighted by molar-refractivity contribution is 5.89. The first kappa shape index (κ1) is 14.6. The van der Waals surface area contributed by atoms with Crippen LogP contribution >= 0.6 is 0 Å². The highest BCUT2D eigenvalue weighted by atomic mass is 19.1. The molecule has 1 saturated carbocycles. The molecule has 3 rings (SSSR count). The SMILES string of the molecule is Cc1cnc(C2CC2)n1CCNC(=O)Nc1ccccc1F. The number of carbonyl (C=O) groups excluding carboxylic acids is 1. The maximum atomic E-state index is 13.4. The number of rotatable bonds is 5. The van der Waals surface area contributed by atoms with Gasteiger partial charge in [-0.2, -0.15) is 0 Å². The van der Waals surface area contributed by atoms with Crippen LogP contribution < -0.4 is 10.6 Å². The van der Waals surface area contributed by atoms with Gasteiger partial charge in [-0.05, 0) is 31.9 Å². The van der Waals surface area contributed by atoms with Crippen molar-refractivity contribution < 1.29 is 9.18 Å². The summed E-state index contributed by atoms with van der Waals surface area (Å²) >= 11 is 0. The normalized spacial score (nSPS) is 13.9. The van der Waals surface area contributed by atoms with E-state index in [0.29, 0.717) is 19.0 Å². The zero-order valence-electron chi connectivity index (χ0n) is 12.5. The van der Waals surface area contributed by atoms with Crippen LogP contribution in [0.25, 0.3) is 0 Å². The maximum absolute atomic E-state index is 13.4. The number of urea groups is 1. The number of nitrogens with zero attached hydrogens (tertiary/aromatic N) is 2. The van der Waals surface area contributed by atoms with Crippen molar-refractivity contribution in [2.75, 3.05) is 11.9 Å². The molecule has 5 nitrogen and oxygen atoms in total. The van der Waals surface area contributed by atoms with Gasteiger partial charge in [-0.3, -0.25) is 0 Å². The predicted octanol–water partition coefficient (Wildman–Crippen LogP) is 3.03. The van der Waals surface area contributed by atoms with Gasteiger partial charge in [0.05, 0.1) is 5.69 Å². The second-order valence-electron chi connectivity index (χ2n) is 5.54. The monoisotopic (exact) mass is 302 g/mol. The van der Waals surface area contributed by atoms with Crippen molar-refractivity contribution in [2.24, 2.45) is 0 Å². The number of halogens is 1. The van der Waals surface area contributed by atoms with Crippen LogP contribution in [0.5, 0.6) is 0 Å². The molecule has 1 heterocycles. The second kappa shape index (κ2) is 6.17. The number of imidazole rings is 1. The van der Waals surface area contributed by atoms with Crippen LogP contribution in [-0.2, 0) is 6.54 Å². The summed E-state index contributed by atoms with van der Waals surface area (Å²) in [6.45, 7) is 3.15. The van der Waals surface area contributed by atoms with E-state index < -0.39 is 11.8 Å². The van der Waals surface area contributed by atoms with Crippen molar-refractivity contribution in [3.63, 3.8) is 0 Å². The molecule has 116 valence electrons. The van der Waals surface area contributed by atoms with E-state index in [9.17, 15) is 9.18 Å². The second-order valence-corrected chi connectivity index (χ2v) is 5.54. The lowest BCUT2D eigenvalue weighted by atomic mass is 10.3. The minimum absolute atomic E-state index is 0.178. The van der Waals surface area contributed by atoms with Gasteiger partial charge in [0.25, 0.3) is 0 Å². The molecule has 6 heteroatoms. The van der Waals surface area contributed by atoms with Crippen molar-refractivity contribution in [1.82, 2.24) is 14.9 Å². The van der Waals surface area contributed by atoms with E-state index in [4.69, 9.17) is 0 Å². The third kappa shape index (κ3) is 3.27. The van der Waals surface area contributed by atoms with Gasteiger partial charge in [-0.25, -0.2) is 14.2 Å². The summed E-state index contributed by atoms with van der Waals surface area (Å²) in [7, 11) is 0. The standard InChI is InChI=1S/C16H19FN4O/c1-11-10-19-15(12-6-7-12)21(11)9-8-18-16(22)20-14-5-3-2-4-13(14)17/h2-5,10,12H,6-9H2,1H3,(H2,18,20,22). The minimum Gasteiger partial charge on any atom is -0.336 e. The quantitative estimate of drug-likeness (QED) is 0.892. The molecule has 1 aliphatic rings. The Hall–Kier alpha value is -2.37. The fourth-order valence-corrected chi connectivity index (χ4v) is 2.45. The first-order valence-electron chi connectivity index (χ1n) is 7.46. The topological polar surface area (TPSA) is 59.0 Å². The lowest BCUT2D eigenvalue weighted by Gasteiger charge is -2.11. The van der Waals surface area contributed by atoms with Crippen molar-refractivity contribution in [1.29, 1.82) is 0 Å².